The van der Waals surface area contributed by atoms with Crippen molar-refractivity contribution in [2.45, 2.75) is 0 Å². The van der Waals surface area contributed by atoms with E-state index in [1.165, 1.54) is 6.40 Å². The summed E-state index contributed by atoms with van der Waals surface area (Å²) in [4.78, 5) is 3.74. The van der Waals surface area contributed by atoms with Gasteiger partial charge in [0.1, 0.15) is 6.61 Å². The van der Waals surface area contributed by atoms with Crippen molar-refractivity contribution < 1.29 is 4.74 Å². The predicted octanol–water partition coefficient (Wildman–Crippen LogP) is 0.906. The van der Waals surface area contributed by atoms with Gasteiger partial charge in [-0.1, -0.05) is 0 Å². The van der Waals surface area contributed by atoms with Crippen LogP contribution in [0, 0.1) is 0 Å². The molecule has 0 aromatic rings. The first-order chi connectivity index (χ1) is 2.50. The Morgan fingerprint density at radius 2 is 2.50 bits per heavy atom. The molecule has 0 unspecified atom stereocenters. The number of aliphatic imine (C=N–C) groups is 1. The monoisotopic (exact) mass is 102 g/mol. The molecule has 0 amide bonds. The number of hydrogen-bond donors (Lipinski definition) is 0. The maximum absolute atomic E-state index is 4.65. The van der Waals surface area contributed by atoms with Gasteiger partial charge in [-0.05, 0) is 0 Å². The molecule has 3 radical (unpaired) electrons. The molecule has 0 aliphatic carbocycles. The lowest BCUT2D eigenvalue weighted by atomic mass is 10.8. The van der Waals surface area contributed by atoms with E-state index in [1.54, 1.807) is 0 Å². The minimum atomic E-state index is 0. The summed E-state index contributed by atoms with van der Waals surface area (Å²) in [7, 11) is 0. The molecule has 6 heavy (non-hydrogen) atoms. The van der Waals surface area contributed by atoms with E-state index in [0.717, 1.165) is 13.2 Å². The lowest BCUT2D eigenvalue weighted by molar-refractivity contribution is 0.361. The SMILES string of the molecule is C1=NCCO1.[P]. The molecule has 0 atom stereocenters. The molecule has 0 aromatic heterocycles. The highest BCUT2D eigenvalue weighted by Gasteiger charge is 1.84. The van der Waals surface area contributed by atoms with Gasteiger partial charge in [-0.25, -0.2) is 0 Å². The van der Waals surface area contributed by atoms with Gasteiger partial charge < -0.3 is 4.74 Å². The number of rotatable bonds is 0. The summed E-state index contributed by atoms with van der Waals surface area (Å²) >= 11 is 0. The zero-order valence-electron chi connectivity index (χ0n) is 3.29. The van der Waals surface area contributed by atoms with E-state index in [4.69, 9.17) is 0 Å². The predicted molar refractivity (Wildman–Crippen MR) is 26.2 cm³/mol. The average molecular weight is 102 g/mol. The molecule has 0 fully saturated rings. The molecule has 33 valence electrons. The molecular formula is C3H5NOP. The third kappa shape index (κ3) is 1.37. The Bertz CT molecular complexity index is 48.8. The molecule has 0 N–H and O–H groups in total. The maximum Gasteiger partial charge on any atom is 0.169 e. The third-order valence-electron chi connectivity index (χ3n) is 0.487. The van der Waals surface area contributed by atoms with E-state index < -0.39 is 0 Å². The van der Waals surface area contributed by atoms with Crippen LogP contribution in [-0.2, 0) is 4.74 Å². The highest BCUT2D eigenvalue weighted by molar-refractivity contribution is 6.92. The Balaban J connectivity index is 0.000000250. The normalized spacial score (nSPS) is 16.0. The van der Waals surface area contributed by atoms with Crippen molar-refractivity contribution >= 4 is 16.3 Å². The van der Waals surface area contributed by atoms with Crippen molar-refractivity contribution in [3.05, 3.63) is 0 Å². The zero-order chi connectivity index (χ0) is 3.54. The van der Waals surface area contributed by atoms with Crippen molar-refractivity contribution in [2.24, 2.45) is 4.99 Å². The molecule has 2 nitrogen and oxygen atoms in total. The fraction of sp³-hybridized carbons (Fsp3) is 0.667. The van der Waals surface area contributed by atoms with Gasteiger partial charge in [0.25, 0.3) is 0 Å². The molecule has 0 aromatic carbocycles. The van der Waals surface area contributed by atoms with Gasteiger partial charge >= 0.3 is 0 Å². The summed E-state index contributed by atoms with van der Waals surface area (Å²) in [6.07, 6.45) is 1.49. The lowest BCUT2D eigenvalue weighted by Crippen LogP contribution is -1.80. The van der Waals surface area contributed by atoms with E-state index in [9.17, 15) is 0 Å². The first-order valence-corrected chi connectivity index (χ1v) is 1.60. The average Bonchev–Trinajstić information content (AvgIpc) is 1.76. The van der Waals surface area contributed by atoms with Crippen LogP contribution in [0.25, 0.3) is 0 Å². The Morgan fingerprint density at radius 1 is 1.67 bits per heavy atom. The van der Waals surface area contributed by atoms with Crippen LogP contribution in [0.4, 0.5) is 0 Å². The topological polar surface area (TPSA) is 21.6 Å². The first kappa shape index (κ1) is 5.90. The molecule has 0 saturated carbocycles. The van der Waals surface area contributed by atoms with Crippen LogP contribution in [0.3, 0.4) is 0 Å². The van der Waals surface area contributed by atoms with Gasteiger partial charge in [0.15, 0.2) is 6.40 Å². The Labute approximate surface area is 40.2 Å². The second kappa shape index (κ2) is 3.10. The van der Waals surface area contributed by atoms with E-state index >= 15 is 0 Å². The van der Waals surface area contributed by atoms with Crippen LogP contribution in [0.2, 0.25) is 0 Å². The summed E-state index contributed by atoms with van der Waals surface area (Å²) in [5.74, 6) is 0. The van der Waals surface area contributed by atoms with Crippen LogP contribution in [-0.4, -0.2) is 19.6 Å². The molecule has 1 aliphatic rings. The van der Waals surface area contributed by atoms with Crippen LogP contribution in [0.5, 0.6) is 0 Å². The van der Waals surface area contributed by atoms with Gasteiger partial charge in [-0.2, -0.15) is 0 Å². The van der Waals surface area contributed by atoms with Crippen molar-refractivity contribution in [1.82, 2.24) is 0 Å². The summed E-state index contributed by atoms with van der Waals surface area (Å²) in [6, 6.07) is 0. The molecule has 3 heteroatoms. The molecular weight excluding hydrogens is 97.0 g/mol. The highest BCUT2D eigenvalue weighted by atomic mass is 31.0. The van der Waals surface area contributed by atoms with Crippen molar-refractivity contribution in [2.75, 3.05) is 13.2 Å². The smallest absolute Gasteiger partial charge is 0.169 e. The fourth-order valence-electron chi connectivity index (χ4n) is 0.264. The molecule has 0 saturated heterocycles. The van der Waals surface area contributed by atoms with Crippen LogP contribution in [0.15, 0.2) is 4.99 Å². The Kier molecular flexibility index (Phi) is 3.05. The quantitative estimate of drug-likeness (QED) is 0.416. The van der Waals surface area contributed by atoms with E-state index in [2.05, 4.69) is 9.73 Å². The molecule has 1 heterocycles. The minimum absolute atomic E-state index is 0. The van der Waals surface area contributed by atoms with Gasteiger partial charge in [-0.3, -0.25) is 4.99 Å². The largest absolute Gasteiger partial charge is 0.482 e. The first-order valence-electron chi connectivity index (χ1n) is 1.60. The van der Waals surface area contributed by atoms with Gasteiger partial charge in [0.05, 0.1) is 6.54 Å². The number of nitrogens with zero attached hydrogens (tertiary/aromatic N) is 1. The second-order valence-electron chi connectivity index (χ2n) is 0.882. The van der Waals surface area contributed by atoms with Gasteiger partial charge in [0.2, 0.25) is 0 Å². The standard InChI is InChI=1S/C3H5NO.P/c1-2-5-3-4-1;/h3H,1-2H2;. The summed E-state index contributed by atoms with van der Waals surface area (Å²) < 4.78 is 4.65. The Morgan fingerprint density at radius 3 is 2.67 bits per heavy atom. The van der Waals surface area contributed by atoms with Crippen LogP contribution in [0.1, 0.15) is 0 Å². The van der Waals surface area contributed by atoms with Crippen LogP contribution < -0.4 is 0 Å². The lowest BCUT2D eigenvalue weighted by Gasteiger charge is -1.76. The molecule has 0 spiro atoms. The second-order valence-corrected chi connectivity index (χ2v) is 0.882. The fourth-order valence-corrected chi connectivity index (χ4v) is 0.264. The van der Waals surface area contributed by atoms with Gasteiger partial charge in [-0.15, -0.1) is 0 Å². The Hall–Kier alpha value is -0.100. The van der Waals surface area contributed by atoms with E-state index in [1.807, 2.05) is 0 Å². The highest BCUT2D eigenvalue weighted by Crippen LogP contribution is 1.78. The van der Waals surface area contributed by atoms with Gasteiger partial charge in [0, 0.05) is 9.90 Å². The van der Waals surface area contributed by atoms with Crippen LogP contribution >= 0.6 is 9.90 Å². The molecule has 1 rings (SSSR count). The minimum Gasteiger partial charge on any atom is -0.482 e. The van der Waals surface area contributed by atoms with Crippen molar-refractivity contribution in [3.8, 4) is 0 Å². The summed E-state index contributed by atoms with van der Waals surface area (Å²) in [6.45, 7) is 1.62. The third-order valence-corrected chi connectivity index (χ3v) is 0.487. The van der Waals surface area contributed by atoms with Crippen molar-refractivity contribution in [1.29, 1.82) is 0 Å². The maximum atomic E-state index is 4.65. The summed E-state index contributed by atoms with van der Waals surface area (Å²) in [5.41, 5.74) is 0. The van der Waals surface area contributed by atoms with Crippen molar-refractivity contribution in [3.63, 3.8) is 0 Å². The molecule has 0 bridgehead atoms. The summed E-state index contributed by atoms with van der Waals surface area (Å²) in [5, 5.41) is 0. The molecule has 1 aliphatic heterocycles. The number of ether oxygens (including phenoxy) is 1. The zero-order valence-corrected chi connectivity index (χ0v) is 4.19. The van der Waals surface area contributed by atoms with E-state index in [0.29, 0.717) is 0 Å². The van der Waals surface area contributed by atoms with E-state index in [-0.39, 0.29) is 9.90 Å². The number of hydrogen-bond acceptors (Lipinski definition) is 2.